The van der Waals surface area contributed by atoms with Gasteiger partial charge in [-0.25, -0.2) is 4.79 Å². The highest BCUT2D eigenvalue weighted by Crippen LogP contribution is 2.17. The number of amides is 1. The second-order valence-electron chi connectivity index (χ2n) is 6.54. The van der Waals surface area contributed by atoms with E-state index in [1.165, 1.54) is 4.90 Å². The molecule has 0 bridgehead atoms. The summed E-state index contributed by atoms with van der Waals surface area (Å²) in [7, 11) is 0. The lowest BCUT2D eigenvalue weighted by molar-refractivity contribution is -0.109. The summed E-state index contributed by atoms with van der Waals surface area (Å²) in [5, 5.41) is 14.3. The Balaban J connectivity index is 2.17. The van der Waals surface area contributed by atoms with Gasteiger partial charge in [-0.1, -0.05) is 12.1 Å². The normalized spacial score (nSPS) is 11.5. The third-order valence-electron chi connectivity index (χ3n) is 3.27. The van der Waals surface area contributed by atoms with Crippen LogP contribution in [0.4, 0.5) is 4.79 Å². The molecule has 0 aliphatic carbocycles. The molecule has 7 nitrogen and oxygen atoms in total. The van der Waals surface area contributed by atoms with E-state index in [0.29, 0.717) is 12.8 Å². The first kappa shape index (κ1) is 17.9. The summed E-state index contributed by atoms with van der Waals surface area (Å²) in [6, 6.07) is 5.65. The molecule has 24 heavy (non-hydrogen) atoms. The quantitative estimate of drug-likeness (QED) is 0.817. The molecule has 2 aromatic rings. The molecule has 0 spiro atoms. The molecule has 0 aliphatic rings. The van der Waals surface area contributed by atoms with E-state index < -0.39 is 11.7 Å². The van der Waals surface area contributed by atoms with Gasteiger partial charge in [-0.15, -0.1) is 0 Å². The van der Waals surface area contributed by atoms with Crippen LogP contribution in [-0.2, 0) is 22.6 Å². The number of aromatic nitrogens is 2. The molecule has 0 saturated heterocycles. The maximum atomic E-state index is 12.2. The van der Waals surface area contributed by atoms with Crippen LogP contribution < -0.4 is 0 Å². The van der Waals surface area contributed by atoms with Crippen LogP contribution in [-0.4, -0.2) is 50.9 Å². The Morgan fingerprint density at radius 3 is 2.79 bits per heavy atom. The molecule has 0 aliphatic heterocycles. The molecule has 2 rings (SSSR count). The standard InChI is InChI=1S/C17H23N3O4/c1-17(2,3)24-16(23)19(6-8-21)11-13-4-5-14-12-20(7-9-22)18-15(14)10-13/h4-5,8,10,12,22H,6-7,9,11H2,1-3H3. The number of fused-ring (bicyclic) bond motifs is 1. The summed E-state index contributed by atoms with van der Waals surface area (Å²) < 4.78 is 7.00. The van der Waals surface area contributed by atoms with Crippen molar-refractivity contribution in [2.24, 2.45) is 0 Å². The predicted octanol–water partition coefficient (Wildman–Crippen LogP) is 1.96. The van der Waals surface area contributed by atoms with Gasteiger partial charge in [0.1, 0.15) is 11.9 Å². The van der Waals surface area contributed by atoms with Gasteiger partial charge in [0.2, 0.25) is 0 Å². The first-order chi connectivity index (χ1) is 11.3. The van der Waals surface area contributed by atoms with Gasteiger partial charge < -0.3 is 14.6 Å². The number of aldehydes is 1. The average molecular weight is 333 g/mol. The van der Waals surface area contributed by atoms with Gasteiger partial charge in [0, 0.05) is 18.1 Å². The Morgan fingerprint density at radius 1 is 1.42 bits per heavy atom. The van der Waals surface area contributed by atoms with Gasteiger partial charge in [-0.05, 0) is 32.4 Å². The number of carbonyl (C=O) groups is 2. The Kier molecular flexibility index (Phi) is 5.56. The van der Waals surface area contributed by atoms with Crippen LogP contribution in [0.25, 0.3) is 10.9 Å². The number of rotatable bonds is 6. The van der Waals surface area contributed by atoms with Crippen LogP contribution in [0.15, 0.2) is 24.4 Å². The van der Waals surface area contributed by atoms with Crippen molar-refractivity contribution in [1.82, 2.24) is 14.7 Å². The summed E-state index contributed by atoms with van der Waals surface area (Å²) in [5.41, 5.74) is 1.01. The van der Waals surface area contributed by atoms with Crippen LogP contribution >= 0.6 is 0 Å². The molecule has 0 fully saturated rings. The highest BCUT2D eigenvalue weighted by molar-refractivity contribution is 5.79. The highest BCUT2D eigenvalue weighted by Gasteiger charge is 2.22. The van der Waals surface area contributed by atoms with E-state index >= 15 is 0 Å². The second kappa shape index (κ2) is 7.44. The van der Waals surface area contributed by atoms with E-state index in [-0.39, 0.29) is 19.7 Å². The van der Waals surface area contributed by atoms with E-state index in [1.54, 1.807) is 25.5 Å². The minimum atomic E-state index is -0.620. The van der Waals surface area contributed by atoms with Crippen molar-refractivity contribution in [2.45, 2.75) is 39.5 Å². The highest BCUT2D eigenvalue weighted by atomic mass is 16.6. The number of hydrogen-bond donors (Lipinski definition) is 1. The van der Waals surface area contributed by atoms with Crippen LogP contribution in [0.1, 0.15) is 26.3 Å². The minimum Gasteiger partial charge on any atom is -0.444 e. The maximum absolute atomic E-state index is 12.2. The van der Waals surface area contributed by atoms with Crippen LogP contribution in [0.2, 0.25) is 0 Å². The van der Waals surface area contributed by atoms with Crippen LogP contribution in [0, 0.1) is 0 Å². The summed E-state index contributed by atoms with van der Waals surface area (Å²) >= 11 is 0. The smallest absolute Gasteiger partial charge is 0.410 e. The molecular weight excluding hydrogens is 310 g/mol. The summed E-state index contributed by atoms with van der Waals surface area (Å²) in [6.45, 7) is 6.02. The number of aliphatic hydroxyl groups is 1. The fraction of sp³-hybridized carbons (Fsp3) is 0.471. The van der Waals surface area contributed by atoms with E-state index in [9.17, 15) is 9.59 Å². The Morgan fingerprint density at radius 2 is 2.17 bits per heavy atom. The van der Waals surface area contributed by atoms with Crippen molar-refractivity contribution >= 4 is 23.3 Å². The molecule has 0 saturated carbocycles. The molecule has 0 radical (unpaired) electrons. The van der Waals surface area contributed by atoms with Crippen molar-refractivity contribution < 1.29 is 19.4 Å². The van der Waals surface area contributed by atoms with Gasteiger partial charge >= 0.3 is 6.09 Å². The molecule has 0 unspecified atom stereocenters. The zero-order valence-corrected chi connectivity index (χ0v) is 14.2. The van der Waals surface area contributed by atoms with Crippen LogP contribution in [0.5, 0.6) is 0 Å². The summed E-state index contributed by atoms with van der Waals surface area (Å²) in [6.07, 6.45) is 2.01. The zero-order valence-electron chi connectivity index (χ0n) is 14.2. The van der Waals surface area contributed by atoms with Gasteiger partial charge in [0.05, 0.1) is 25.2 Å². The lowest BCUT2D eigenvalue weighted by Crippen LogP contribution is -2.37. The molecule has 7 heteroatoms. The van der Waals surface area contributed by atoms with Crippen molar-refractivity contribution in [3.8, 4) is 0 Å². The fourth-order valence-electron chi connectivity index (χ4n) is 2.27. The third-order valence-corrected chi connectivity index (χ3v) is 3.27. The number of nitrogens with zero attached hydrogens (tertiary/aromatic N) is 3. The lowest BCUT2D eigenvalue weighted by Gasteiger charge is -2.26. The maximum Gasteiger partial charge on any atom is 0.410 e. The number of ether oxygens (including phenoxy) is 1. The number of aliphatic hydroxyl groups excluding tert-OH is 1. The first-order valence-electron chi connectivity index (χ1n) is 7.81. The van der Waals surface area contributed by atoms with Crippen molar-refractivity contribution in [3.63, 3.8) is 0 Å². The SMILES string of the molecule is CC(C)(C)OC(=O)N(CC=O)Cc1ccc2cn(CCO)nc2c1. The molecule has 1 amide bonds. The van der Waals surface area contributed by atoms with E-state index in [1.807, 2.05) is 24.4 Å². The molecule has 1 aromatic heterocycles. The van der Waals surface area contributed by atoms with Crippen molar-refractivity contribution in [3.05, 3.63) is 30.0 Å². The van der Waals surface area contributed by atoms with Gasteiger partial charge in [-0.2, -0.15) is 5.10 Å². The molecular formula is C17H23N3O4. The lowest BCUT2D eigenvalue weighted by atomic mass is 10.1. The van der Waals surface area contributed by atoms with E-state index in [2.05, 4.69) is 5.10 Å². The molecule has 0 atom stereocenters. The Hall–Kier alpha value is -2.41. The Bertz CT molecular complexity index is 718. The summed E-state index contributed by atoms with van der Waals surface area (Å²) in [4.78, 5) is 24.4. The molecule has 1 heterocycles. The zero-order chi connectivity index (χ0) is 17.7. The monoisotopic (exact) mass is 333 g/mol. The van der Waals surface area contributed by atoms with Crippen molar-refractivity contribution in [1.29, 1.82) is 0 Å². The molecule has 130 valence electrons. The second-order valence-corrected chi connectivity index (χ2v) is 6.54. The van der Waals surface area contributed by atoms with Crippen LogP contribution in [0.3, 0.4) is 0 Å². The Labute approximate surface area is 140 Å². The third kappa shape index (κ3) is 4.79. The average Bonchev–Trinajstić information content (AvgIpc) is 2.87. The number of hydrogen-bond acceptors (Lipinski definition) is 5. The van der Waals surface area contributed by atoms with E-state index in [4.69, 9.17) is 9.84 Å². The minimum absolute atomic E-state index is 0.0204. The van der Waals surface area contributed by atoms with Gasteiger partial charge in [0.15, 0.2) is 0 Å². The van der Waals surface area contributed by atoms with Gasteiger partial charge in [0.25, 0.3) is 0 Å². The van der Waals surface area contributed by atoms with E-state index in [0.717, 1.165) is 16.5 Å². The largest absolute Gasteiger partial charge is 0.444 e. The summed E-state index contributed by atoms with van der Waals surface area (Å²) in [5.74, 6) is 0. The topological polar surface area (TPSA) is 84.7 Å². The number of benzene rings is 1. The fourth-order valence-corrected chi connectivity index (χ4v) is 2.27. The predicted molar refractivity (Wildman–Crippen MR) is 89.5 cm³/mol. The molecule has 1 N–H and O–H groups in total. The van der Waals surface area contributed by atoms with Crippen molar-refractivity contribution in [2.75, 3.05) is 13.2 Å². The molecule has 1 aromatic carbocycles. The van der Waals surface area contributed by atoms with Gasteiger partial charge in [-0.3, -0.25) is 9.58 Å². The number of carbonyl (C=O) groups excluding carboxylic acids is 2. The first-order valence-corrected chi connectivity index (χ1v) is 7.81.